The van der Waals surface area contributed by atoms with Crippen LogP contribution in [0.5, 0.6) is 0 Å². The van der Waals surface area contributed by atoms with Crippen molar-refractivity contribution in [1.29, 1.82) is 0 Å². The van der Waals surface area contributed by atoms with Crippen LogP contribution in [0.2, 0.25) is 0 Å². The van der Waals surface area contributed by atoms with Crippen LogP contribution in [-0.4, -0.2) is 81.4 Å². The van der Waals surface area contributed by atoms with E-state index in [1.807, 2.05) is 19.9 Å². The molecule has 2 aromatic heterocycles. The number of carbonyl (C=O) groups is 3. The van der Waals surface area contributed by atoms with E-state index in [4.69, 9.17) is 0 Å². The molecule has 12 heteroatoms. The summed E-state index contributed by atoms with van der Waals surface area (Å²) < 4.78 is 27.6. The summed E-state index contributed by atoms with van der Waals surface area (Å²) in [6.45, 7) is 3.75. The van der Waals surface area contributed by atoms with Gasteiger partial charge in [0.15, 0.2) is 5.78 Å². The lowest BCUT2D eigenvalue weighted by atomic mass is 10.0. The number of pyridine rings is 1. The van der Waals surface area contributed by atoms with Crippen LogP contribution in [0.15, 0.2) is 59.9 Å². The average molecular weight is 537 g/mol. The van der Waals surface area contributed by atoms with Crippen LogP contribution in [0.1, 0.15) is 37.2 Å². The monoisotopic (exact) mass is 536 g/mol. The van der Waals surface area contributed by atoms with Gasteiger partial charge in [-0.2, -0.15) is 4.31 Å². The number of ketones is 1. The van der Waals surface area contributed by atoms with E-state index < -0.39 is 40.0 Å². The number of carbonyl (C=O) groups excluding carboxylic acids is 3. The van der Waals surface area contributed by atoms with Gasteiger partial charge in [-0.3, -0.25) is 24.4 Å². The number of amides is 2. The molecule has 0 saturated carbocycles. The fraction of sp³-hybridized carbons (Fsp3) is 0.385. The number of likely N-dealkylation sites (tertiary alicyclic amines) is 1. The van der Waals surface area contributed by atoms with Crippen LogP contribution in [0.3, 0.4) is 0 Å². The van der Waals surface area contributed by atoms with Gasteiger partial charge in [-0.25, -0.2) is 13.4 Å². The summed E-state index contributed by atoms with van der Waals surface area (Å²) in [4.78, 5) is 53.8. The molecule has 2 saturated heterocycles. The first-order valence-electron chi connectivity index (χ1n) is 12.4. The van der Waals surface area contributed by atoms with E-state index in [1.165, 1.54) is 39.9 Å². The molecule has 4 heterocycles. The predicted molar refractivity (Wildman–Crippen MR) is 137 cm³/mol. The number of aromatic nitrogens is 3. The minimum atomic E-state index is -3.96. The van der Waals surface area contributed by atoms with E-state index >= 15 is 0 Å². The van der Waals surface area contributed by atoms with Gasteiger partial charge in [0.25, 0.3) is 5.91 Å². The van der Waals surface area contributed by atoms with E-state index in [0.717, 1.165) is 0 Å². The molecule has 0 bridgehead atoms. The molecule has 3 aromatic rings. The molecule has 0 radical (unpaired) electrons. The first kappa shape index (κ1) is 25.9. The van der Waals surface area contributed by atoms with E-state index in [0.29, 0.717) is 23.9 Å². The SMILES string of the molecule is CC(C)CC(NC(=O)c1cnc2ccccc2n1)C(=O)N1CCC2C1C(=O)CN2S(=O)(=O)c1cccnc1. The number of rotatable bonds is 7. The van der Waals surface area contributed by atoms with Crippen LogP contribution in [-0.2, 0) is 19.6 Å². The molecule has 3 atom stereocenters. The summed E-state index contributed by atoms with van der Waals surface area (Å²) in [5.41, 5.74) is 1.28. The number of fused-ring (bicyclic) bond motifs is 2. The smallest absolute Gasteiger partial charge is 0.272 e. The Hall–Kier alpha value is -3.77. The Bertz CT molecular complexity index is 1500. The average Bonchev–Trinajstić information content (AvgIpc) is 3.49. The first-order chi connectivity index (χ1) is 18.2. The van der Waals surface area contributed by atoms with Crippen LogP contribution < -0.4 is 5.32 Å². The molecule has 38 heavy (non-hydrogen) atoms. The number of sulfonamides is 1. The van der Waals surface area contributed by atoms with Crippen LogP contribution in [0.4, 0.5) is 0 Å². The van der Waals surface area contributed by atoms with Crippen molar-refractivity contribution in [1.82, 2.24) is 29.5 Å². The summed E-state index contributed by atoms with van der Waals surface area (Å²) in [7, 11) is -3.96. The molecule has 1 aromatic carbocycles. The zero-order valence-electron chi connectivity index (χ0n) is 21.0. The zero-order chi connectivity index (χ0) is 27.0. The van der Waals surface area contributed by atoms with Gasteiger partial charge in [-0.05, 0) is 43.0 Å². The molecule has 198 valence electrons. The summed E-state index contributed by atoms with van der Waals surface area (Å²) in [6.07, 6.45) is 4.74. The van der Waals surface area contributed by atoms with Gasteiger partial charge in [-0.1, -0.05) is 26.0 Å². The van der Waals surface area contributed by atoms with Crippen molar-refractivity contribution in [3.05, 3.63) is 60.7 Å². The lowest BCUT2D eigenvalue weighted by Gasteiger charge is -2.29. The van der Waals surface area contributed by atoms with Gasteiger partial charge in [0, 0.05) is 18.9 Å². The summed E-state index contributed by atoms with van der Waals surface area (Å²) in [5.74, 6) is -1.24. The first-order valence-corrected chi connectivity index (χ1v) is 13.9. The van der Waals surface area contributed by atoms with Crippen molar-refractivity contribution in [2.24, 2.45) is 5.92 Å². The highest BCUT2D eigenvalue weighted by Crippen LogP contribution is 2.34. The maximum Gasteiger partial charge on any atom is 0.272 e. The molecular weight excluding hydrogens is 508 g/mol. The molecule has 2 amide bonds. The number of nitrogens with zero attached hydrogens (tertiary/aromatic N) is 5. The van der Waals surface area contributed by atoms with E-state index in [9.17, 15) is 22.8 Å². The van der Waals surface area contributed by atoms with Crippen molar-refractivity contribution < 1.29 is 22.8 Å². The minimum Gasteiger partial charge on any atom is -0.339 e. The third kappa shape index (κ3) is 4.76. The predicted octanol–water partition coefficient (Wildman–Crippen LogP) is 1.41. The molecule has 2 aliphatic rings. The number of hydrogen-bond donors (Lipinski definition) is 1. The molecule has 2 aliphatic heterocycles. The molecule has 0 aliphatic carbocycles. The van der Waals surface area contributed by atoms with E-state index in [-0.39, 0.29) is 35.4 Å². The lowest BCUT2D eigenvalue weighted by Crippen LogP contribution is -2.53. The van der Waals surface area contributed by atoms with E-state index in [1.54, 1.807) is 18.2 Å². The Balaban J connectivity index is 1.36. The molecule has 5 rings (SSSR count). The Kier molecular flexibility index (Phi) is 6.93. The molecule has 11 nitrogen and oxygen atoms in total. The standard InChI is InChI=1S/C26H28N6O5S/c1-16(2)12-20(30-25(34)21-14-28-18-7-3-4-8-19(18)29-21)26(35)31-11-9-22-24(31)23(33)15-32(22)38(36,37)17-6-5-10-27-13-17/h3-8,10,13-14,16,20,22,24H,9,11-12,15H2,1-2H3,(H,30,34). The van der Waals surface area contributed by atoms with Crippen molar-refractivity contribution in [3.8, 4) is 0 Å². The van der Waals surface area contributed by atoms with Gasteiger partial charge in [0.2, 0.25) is 15.9 Å². The summed E-state index contributed by atoms with van der Waals surface area (Å²) in [6, 6.07) is 7.63. The van der Waals surface area contributed by atoms with Crippen molar-refractivity contribution in [3.63, 3.8) is 0 Å². The second kappa shape index (κ2) is 10.2. The molecule has 1 N–H and O–H groups in total. The minimum absolute atomic E-state index is 0.000307. The number of nitrogens with one attached hydrogen (secondary N) is 1. The van der Waals surface area contributed by atoms with Crippen molar-refractivity contribution in [2.45, 2.75) is 49.7 Å². The van der Waals surface area contributed by atoms with E-state index in [2.05, 4.69) is 20.3 Å². The van der Waals surface area contributed by atoms with Gasteiger partial charge in [0.05, 0.1) is 29.8 Å². The fourth-order valence-electron chi connectivity index (χ4n) is 5.17. The molecule has 3 unspecified atom stereocenters. The maximum atomic E-state index is 13.7. The number of benzene rings is 1. The molecular formula is C26H28N6O5S. The van der Waals surface area contributed by atoms with Crippen LogP contribution >= 0.6 is 0 Å². The quantitative estimate of drug-likeness (QED) is 0.478. The van der Waals surface area contributed by atoms with Gasteiger partial charge >= 0.3 is 0 Å². The molecule has 2 fully saturated rings. The zero-order valence-corrected chi connectivity index (χ0v) is 21.8. The second-order valence-corrected chi connectivity index (χ2v) is 11.8. The maximum absolute atomic E-state index is 13.7. The summed E-state index contributed by atoms with van der Waals surface area (Å²) in [5, 5.41) is 2.78. The van der Waals surface area contributed by atoms with Crippen molar-refractivity contribution >= 4 is 38.7 Å². The van der Waals surface area contributed by atoms with Gasteiger partial charge in [-0.15, -0.1) is 0 Å². The highest BCUT2D eigenvalue weighted by molar-refractivity contribution is 7.89. The lowest BCUT2D eigenvalue weighted by molar-refractivity contribution is -0.138. The largest absolute Gasteiger partial charge is 0.339 e. The second-order valence-electron chi connectivity index (χ2n) is 9.94. The topological polar surface area (TPSA) is 143 Å². The summed E-state index contributed by atoms with van der Waals surface area (Å²) >= 11 is 0. The van der Waals surface area contributed by atoms with Gasteiger partial charge in [0.1, 0.15) is 22.7 Å². The van der Waals surface area contributed by atoms with Crippen molar-refractivity contribution in [2.75, 3.05) is 13.1 Å². The third-order valence-corrected chi connectivity index (χ3v) is 8.75. The third-order valence-electron chi connectivity index (χ3n) is 6.89. The van der Waals surface area contributed by atoms with Crippen LogP contribution in [0.25, 0.3) is 11.0 Å². The Morgan fingerprint density at radius 3 is 2.58 bits per heavy atom. The van der Waals surface area contributed by atoms with Crippen LogP contribution in [0, 0.1) is 5.92 Å². The highest BCUT2D eigenvalue weighted by atomic mass is 32.2. The number of para-hydroxylation sites is 2. The highest BCUT2D eigenvalue weighted by Gasteiger charge is 2.54. The Labute approximate surface area is 220 Å². The molecule has 0 spiro atoms. The Morgan fingerprint density at radius 2 is 1.87 bits per heavy atom. The Morgan fingerprint density at radius 1 is 1.11 bits per heavy atom. The normalized spacial score (nSPS) is 20.6. The fourth-order valence-corrected chi connectivity index (χ4v) is 6.76. The number of hydrogen-bond acceptors (Lipinski definition) is 8. The number of Topliss-reactive ketones (excluding diaryl/α,β-unsaturated/α-hetero) is 1. The van der Waals surface area contributed by atoms with Gasteiger partial charge < -0.3 is 10.2 Å².